The first-order valence-corrected chi connectivity index (χ1v) is 14.4. The Morgan fingerprint density at radius 3 is 2.32 bits per heavy atom. The van der Waals surface area contributed by atoms with E-state index in [9.17, 15) is 18.7 Å². The van der Waals surface area contributed by atoms with Crippen molar-refractivity contribution in [3.05, 3.63) is 41.6 Å². The summed E-state index contributed by atoms with van der Waals surface area (Å²) in [7, 11) is 0. The average molecular weight is 545 g/mol. The van der Waals surface area contributed by atoms with Crippen LogP contribution in [0.5, 0.6) is 0 Å². The molecular weight excluding hydrogens is 506 g/mol. The van der Waals surface area contributed by atoms with E-state index in [0.29, 0.717) is 22.5 Å². The second-order valence-corrected chi connectivity index (χ2v) is 13.6. The monoisotopic (exact) mass is 544 g/mol. The van der Waals surface area contributed by atoms with Crippen molar-refractivity contribution in [3.63, 3.8) is 0 Å². The highest BCUT2D eigenvalue weighted by molar-refractivity contribution is 8.00. The molecule has 0 radical (unpaired) electrons. The van der Waals surface area contributed by atoms with Crippen molar-refractivity contribution in [2.24, 2.45) is 5.41 Å². The second kappa shape index (κ2) is 10.3. The van der Waals surface area contributed by atoms with Crippen LogP contribution in [0, 0.1) is 12.3 Å². The van der Waals surface area contributed by atoms with Crippen molar-refractivity contribution in [3.8, 4) is 0 Å². The predicted molar refractivity (Wildman–Crippen MR) is 150 cm³/mol. The van der Waals surface area contributed by atoms with E-state index in [1.165, 1.54) is 12.8 Å². The third kappa shape index (κ3) is 6.25. The third-order valence-corrected chi connectivity index (χ3v) is 9.30. The molecule has 6 nitrogen and oxygen atoms in total. The number of nitrogens with one attached hydrogen (secondary N) is 1. The summed E-state index contributed by atoms with van der Waals surface area (Å²) in [6.45, 7) is 8.23. The Labute approximate surface area is 228 Å². The Bertz CT molecular complexity index is 1180. The second-order valence-electron chi connectivity index (χ2n) is 11.8. The molecule has 3 fully saturated rings. The number of aliphatic hydroxyl groups is 1. The number of hydrogen-bond acceptors (Lipinski definition) is 6. The number of carbonyl (C=O) groups excluding carboxylic acids is 1. The van der Waals surface area contributed by atoms with Crippen LogP contribution < -0.4 is 15.1 Å². The van der Waals surface area contributed by atoms with Crippen LogP contribution in [0.25, 0.3) is 0 Å². The Morgan fingerprint density at radius 2 is 1.68 bits per heavy atom. The standard InChI is InChI=1S/C29H38F2N4O2S/c1-20-16-21(17-25(32-20)35-14-10-29(30,31)11-15-35)33-26(37)23-5-4-22(38-27(2,3)19-36)18-24(23)34-12-8-28(6-7-28)9-13-34/h4-5,16-18,36H,6-15,19H2,1-3H3,(H,32,33,37). The Balaban J connectivity index is 1.38. The van der Waals surface area contributed by atoms with Gasteiger partial charge in [-0.2, -0.15) is 0 Å². The van der Waals surface area contributed by atoms with Gasteiger partial charge in [-0.25, -0.2) is 13.8 Å². The molecule has 1 aliphatic carbocycles. The van der Waals surface area contributed by atoms with Gasteiger partial charge in [-0.15, -0.1) is 11.8 Å². The maximum atomic E-state index is 13.7. The highest BCUT2D eigenvalue weighted by Gasteiger charge is 2.44. The lowest BCUT2D eigenvalue weighted by molar-refractivity contribution is -0.0221. The molecule has 1 amide bonds. The van der Waals surface area contributed by atoms with Crippen molar-refractivity contribution >= 4 is 34.9 Å². The minimum absolute atomic E-state index is 0.0554. The number of amides is 1. The number of aryl methyl sites for hydroxylation is 1. The first kappa shape index (κ1) is 27.2. The number of thioether (sulfide) groups is 1. The number of aromatic nitrogens is 1. The van der Waals surface area contributed by atoms with E-state index >= 15 is 0 Å². The summed E-state index contributed by atoms with van der Waals surface area (Å²) in [4.78, 5) is 23.4. The molecule has 3 heterocycles. The number of benzene rings is 1. The van der Waals surface area contributed by atoms with Crippen LogP contribution in [-0.4, -0.2) is 59.5 Å². The summed E-state index contributed by atoms with van der Waals surface area (Å²) < 4.78 is 27.0. The van der Waals surface area contributed by atoms with Crippen molar-refractivity contribution in [2.45, 2.75) is 74.9 Å². The van der Waals surface area contributed by atoms with Gasteiger partial charge in [-0.05, 0) is 76.1 Å². The molecule has 0 atom stereocenters. The fourth-order valence-corrected chi connectivity index (χ4v) is 6.43. The first-order chi connectivity index (χ1) is 18.0. The highest BCUT2D eigenvalue weighted by atomic mass is 32.2. The fraction of sp³-hybridized carbons (Fsp3) is 0.586. The van der Waals surface area contributed by atoms with Crippen molar-refractivity contribution in [1.29, 1.82) is 0 Å². The quantitative estimate of drug-likeness (QED) is 0.409. The molecule has 5 rings (SSSR count). The summed E-state index contributed by atoms with van der Waals surface area (Å²) >= 11 is 1.60. The van der Waals surface area contributed by atoms with E-state index in [1.54, 1.807) is 17.8 Å². The normalized spacial score (nSPS) is 20.5. The molecule has 1 spiro atoms. The zero-order valence-corrected chi connectivity index (χ0v) is 23.3. The van der Waals surface area contributed by atoms with Gasteiger partial charge in [-0.1, -0.05) is 0 Å². The fourth-order valence-electron chi connectivity index (χ4n) is 5.43. The Kier molecular flexibility index (Phi) is 7.37. The van der Waals surface area contributed by atoms with E-state index in [2.05, 4.69) is 21.3 Å². The van der Waals surface area contributed by atoms with Crippen LogP contribution in [0.15, 0.2) is 35.2 Å². The first-order valence-electron chi connectivity index (χ1n) is 13.6. The number of pyridine rings is 1. The number of alkyl halides is 2. The number of nitrogens with zero attached hydrogens (tertiary/aromatic N) is 3. The van der Waals surface area contributed by atoms with Gasteiger partial charge >= 0.3 is 0 Å². The number of rotatable bonds is 7. The predicted octanol–water partition coefficient (Wildman–Crippen LogP) is 6.12. The number of hydrogen-bond donors (Lipinski definition) is 2. The van der Waals surface area contributed by atoms with Crippen LogP contribution in [-0.2, 0) is 0 Å². The van der Waals surface area contributed by atoms with E-state index in [-0.39, 0.29) is 43.2 Å². The minimum atomic E-state index is -2.63. The lowest BCUT2D eigenvalue weighted by atomic mass is 9.93. The van der Waals surface area contributed by atoms with Gasteiger partial charge in [-0.3, -0.25) is 4.79 Å². The van der Waals surface area contributed by atoms with Gasteiger partial charge in [0.05, 0.1) is 17.9 Å². The van der Waals surface area contributed by atoms with Gasteiger partial charge in [0.2, 0.25) is 0 Å². The maximum absolute atomic E-state index is 13.7. The molecule has 0 bridgehead atoms. The van der Waals surface area contributed by atoms with Crippen LogP contribution >= 0.6 is 11.8 Å². The molecule has 2 N–H and O–H groups in total. The smallest absolute Gasteiger partial charge is 0.257 e. The summed E-state index contributed by atoms with van der Waals surface area (Å²) in [6, 6.07) is 9.50. The van der Waals surface area contributed by atoms with Crippen molar-refractivity contribution < 1.29 is 18.7 Å². The Morgan fingerprint density at radius 1 is 1.03 bits per heavy atom. The molecule has 38 heavy (non-hydrogen) atoms. The van der Waals surface area contributed by atoms with Crippen LogP contribution in [0.3, 0.4) is 0 Å². The van der Waals surface area contributed by atoms with Gasteiger partial charge in [0, 0.05) is 66.1 Å². The summed E-state index contributed by atoms with van der Waals surface area (Å²) in [5, 5.41) is 12.8. The van der Waals surface area contributed by atoms with Crippen molar-refractivity contribution in [1.82, 2.24) is 4.98 Å². The maximum Gasteiger partial charge on any atom is 0.257 e. The number of anilines is 3. The molecule has 3 aliphatic rings. The largest absolute Gasteiger partial charge is 0.395 e. The SMILES string of the molecule is Cc1cc(NC(=O)c2ccc(SC(C)(C)CO)cc2N2CCC3(CC2)CC3)cc(N2CCC(F)(F)CC2)n1. The lowest BCUT2D eigenvalue weighted by Crippen LogP contribution is -2.39. The highest BCUT2D eigenvalue weighted by Crippen LogP contribution is 2.54. The van der Waals surface area contributed by atoms with Crippen LogP contribution in [0.2, 0.25) is 0 Å². The lowest BCUT2D eigenvalue weighted by Gasteiger charge is -2.35. The van der Waals surface area contributed by atoms with Crippen LogP contribution in [0.4, 0.5) is 26.0 Å². The molecule has 206 valence electrons. The van der Waals surface area contributed by atoms with Crippen LogP contribution in [0.1, 0.15) is 68.4 Å². The zero-order valence-electron chi connectivity index (χ0n) is 22.5. The molecule has 0 unspecified atom stereocenters. The molecule has 2 aliphatic heterocycles. The Hall–Kier alpha value is -2.39. The number of piperidine rings is 2. The molecule has 2 aromatic rings. The molecule has 2 saturated heterocycles. The van der Waals surface area contributed by atoms with Crippen molar-refractivity contribution in [2.75, 3.05) is 47.9 Å². The van der Waals surface area contributed by atoms with E-state index in [0.717, 1.165) is 42.2 Å². The summed E-state index contributed by atoms with van der Waals surface area (Å²) in [5.74, 6) is -2.22. The van der Waals surface area contributed by atoms with Gasteiger partial charge in [0.1, 0.15) is 5.82 Å². The number of aliphatic hydroxyl groups excluding tert-OH is 1. The van der Waals surface area contributed by atoms with E-state index < -0.39 is 5.92 Å². The van der Waals surface area contributed by atoms with Gasteiger partial charge < -0.3 is 20.2 Å². The molecule has 1 saturated carbocycles. The average Bonchev–Trinajstić information content (AvgIpc) is 3.62. The van der Waals surface area contributed by atoms with E-state index in [4.69, 9.17) is 0 Å². The van der Waals surface area contributed by atoms with E-state index in [1.807, 2.05) is 43.9 Å². The third-order valence-electron chi connectivity index (χ3n) is 8.13. The topological polar surface area (TPSA) is 68.7 Å². The van der Waals surface area contributed by atoms with Gasteiger partial charge in [0.25, 0.3) is 11.8 Å². The molecule has 9 heteroatoms. The molecular formula is C29H38F2N4O2S. The summed E-state index contributed by atoms with van der Waals surface area (Å²) in [6.07, 6.45) is 4.54. The van der Waals surface area contributed by atoms with Gasteiger partial charge in [0.15, 0.2) is 0 Å². The number of halogens is 2. The molecule has 1 aromatic carbocycles. The minimum Gasteiger partial charge on any atom is -0.395 e. The zero-order chi connectivity index (χ0) is 27.1. The molecule has 1 aromatic heterocycles. The number of carbonyl (C=O) groups is 1. The summed E-state index contributed by atoms with van der Waals surface area (Å²) in [5.41, 5.74) is 3.38.